The van der Waals surface area contributed by atoms with E-state index in [1.54, 1.807) is 0 Å². The van der Waals surface area contributed by atoms with Gasteiger partial charge in [0.2, 0.25) is 0 Å². The SMILES string of the molecule is CCC(C)(C)N(C)C(=N)C(C)C. The Bertz CT molecular complexity index is 159. The Morgan fingerprint density at radius 1 is 1.42 bits per heavy atom. The van der Waals surface area contributed by atoms with Crippen LogP contribution >= 0.6 is 0 Å². The number of hydrogen-bond acceptors (Lipinski definition) is 1. The molecule has 12 heavy (non-hydrogen) atoms. The van der Waals surface area contributed by atoms with Gasteiger partial charge in [-0.1, -0.05) is 20.8 Å². The van der Waals surface area contributed by atoms with E-state index in [0.29, 0.717) is 5.92 Å². The minimum atomic E-state index is 0.112. The molecule has 0 spiro atoms. The molecule has 0 aliphatic rings. The second-order valence-corrected chi connectivity index (χ2v) is 4.26. The maximum atomic E-state index is 7.83. The quantitative estimate of drug-likeness (QED) is 0.512. The Kier molecular flexibility index (Phi) is 3.75. The van der Waals surface area contributed by atoms with Gasteiger partial charge >= 0.3 is 0 Å². The van der Waals surface area contributed by atoms with E-state index >= 15 is 0 Å². The molecule has 0 amide bonds. The van der Waals surface area contributed by atoms with Gasteiger partial charge in [-0.2, -0.15) is 0 Å². The normalized spacial score (nSPS) is 11.9. The Morgan fingerprint density at radius 3 is 2.08 bits per heavy atom. The van der Waals surface area contributed by atoms with Crippen molar-refractivity contribution in [3.8, 4) is 0 Å². The first-order valence-corrected chi connectivity index (χ1v) is 4.65. The van der Waals surface area contributed by atoms with Crippen LogP contribution in [0, 0.1) is 11.3 Å². The highest BCUT2D eigenvalue weighted by Gasteiger charge is 2.24. The van der Waals surface area contributed by atoms with Crippen molar-refractivity contribution in [1.82, 2.24) is 4.90 Å². The molecule has 0 aliphatic heterocycles. The third-order valence-corrected chi connectivity index (χ3v) is 2.68. The van der Waals surface area contributed by atoms with E-state index in [0.717, 1.165) is 12.3 Å². The Morgan fingerprint density at radius 2 is 1.83 bits per heavy atom. The lowest BCUT2D eigenvalue weighted by atomic mass is 9.98. The molecule has 0 aromatic rings. The Balaban J connectivity index is 4.38. The first-order valence-electron chi connectivity index (χ1n) is 4.65. The molecule has 0 rings (SSSR count). The highest BCUT2D eigenvalue weighted by atomic mass is 15.2. The van der Waals surface area contributed by atoms with E-state index in [1.165, 1.54) is 0 Å². The van der Waals surface area contributed by atoms with Gasteiger partial charge < -0.3 is 4.90 Å². The van der Waals surface area contributed by atoms with Crippen LogP contribution in [0.25, 0.3) is 0 Å². The molecule has 0 saturated carbocycles. The summed E-state index contributed by atoms with van der Waals surface area (Å²) in [5.41, 5.74) is 0.112. The molecular formula is C10H22N2. The summed E-state index contributed by atoms with van der Waals surface area (Å²) in [6.45, 7) is 10.6. The molecule has 0 fully saturated rings. The fourth-order valence-corrected chi connectivity index (χ4v) is 0.951. The largest absolute Gasteiger partial charge is 0.358 e. The van der Waals surface area contributed by atoms with Crippen molar-refractivity contribution in [2.45, 2.75) is 46.6 Å². The van der Waals surface area contributed by atoms with Crippen molar-refractivity contribution in [2.75, 3.05) is 7.05 Å². The molecule has 0 heterocycles. The summed E-state index contributed by atoms with van der Waals surface area (Å²) in [4.78, 5) is 2.07. The van der Waals surface area contributed by atoms with Gasteiger partial charge in [0.1, 0.15) is 0 Å². The molecule has 0 aromatic carbocycles. The fourth-order valence-electron chi connectivity index (χ4n) is 0.951. The van der Waals surface area contributed by atoms with Crippen molar-refractivity contribution in [3.63, 3.8) is 0 Å². The zero-order valence-corrected chi connectivity index (χ0v) is 9.23. The van der Waals surface area contributed by atoms with E-state index in [2.05, 4.69) is 39.5 Å². The number of hydrogen-bond donors (Lipinski definition) is 1. The topological polar surface area (TPSA) is 27.1 Å². The van der Waals surface area contributed by atoms with Gasteiger partial charge in [-0.25, -0.2) is 0 Å². The summed E-state index contributed by atoms with van der Waals surface area (Å²) >= 11 is 0. The van der Waals surface area contributed by atoms with E-state index in [1.807, 2.05) is 7.05 Å². The maximum absolute atomic E-state index is 7.83. The van der Waals surface area contributed by atoms with Crippen LogP contribution in [0.5, 0.6) is 0 Å². The van der Waals surface area contributed by atoms with E-state index in [9.17, 15) is 0 Å². The van der Waals surface area contributed by atoms with Crippen LogP contribution in [0.15, 0.2) is 0 Å². The Labute approximate surface area is 76.5 Å². The van der Waals surface area contributed by atoms with Gasteiger partial charge in [0, 0.05) is 18.5 Å². The van der Waals surface area contributed by atoms with Crippen molar-refractivity contribution in [1.29, 1.82) is 5.41 Å². The van der Waals surface area contributed by atoms with Gasteiger partial charge in [0.15, 0.2) is 0 Å². The summed E-state index contributed by atoms with van der Waals surface area (Å²) in [6.07, 6.45) is 1.07. The number of nitrogens with zero attached hydrogens (tertiary/aromatic N) is 1. The minimum Gasteiger partial charge on any atom is -0.358 e. The molecule has 0 aromatic heterocycles. The van der Waals surface area contributed by atoms with Crippen molar-refractivity contribution < 1.29 is 0 Å². The lowest BCUT2D eigenvalue weighted by Crippen LogP contribution is -2.45. The van der Waals surface area contributed by atoms with Gasteiger partial charge in [0.05, 0.1) is 5.84 Å². The molecule has 0 unspecified atom stereocenters. The average molecular weight is 170 g/mol. The van der Waals surface area contributed by atoms with Gasteiger partial charge in [-0.3, -0.25) is 5.41 Å². The van der Waals surface area contributed by atoms with Crippen molar-refractivity contribution in [2.24, 2.45) is 5.92 Å². The fraction of sp³-hybridized carbons (Fsp3) is 0.900. The molecular weight excluding hydrogens is 148 g/mol. The van der Waals surface area contributed by atoms with Crippen LogP contribution in [0.2, 0.25) is 0 Å². The first-order chi connectivity index (χ1) is 5.33. The van der Waals surface area contributed by atoms with E-state index < -0.39 is 0 Å². The van der Waals surface area contributed by atoms with Crippen LogP contribution < -0.4 is 0 Å². The molecule has 0 saturated heterocycles. The van der Waals surface area contributed by atoms with Crippen molar-refractivity contribution in [3.05, 3.63) is 0 Å². The van der Waals surface area contributed by atoms with Gasteiger partial charge in [-0.05, 0) is 20.3 Å². The molecule has 0 radical (unpaired) electrons. The second kappa shape index (κ2) is 3.92. The van der Waals surface area contributed by atoms with Crippen LogP contribution in [-0.2, 0) is 0 Å². The van der Waals surface area contributed by atoms with Gasteiger partial charge in [-0.15, -0.1) is 0 Å². The molecule has 2 heteroatoms. The molecule has 72 valence electrons. The zero-order chi connectivity index (χ0) is 9.94. The molecule has 1 N–H and O–H groups in total. The highest BCUT2D eigenvalue weighted by Crippen LogP contribution is 2.18. The summed E-state index contributed by atoms with van der Waals surface area (Å²) in [6, 6.07) is 0. The highest BCUT2D eigenvalue weighted by molar-refractivity contribution is 5.81. The van der Waals surface area contributed by atoms with Crippen LogP contribution in [0.4, 0.5) is 0 Å². The molecule has 2 nitrogen and oxygen atoms in total. The average Bonchev–Trinajstić information content (AvgIpc) is 2.01. The maximum Gasteiger partial charge on any atom is 0.0985 e. The predicted molar refractivity (Wildman–Crippen MR) is 54.7 cm³/mol. The smallest absolute Gasteiger partial charge is 0.0985 e. The minimum absolute atomic E-state index is 0.112. The van der Waals surface area contributed by atoms with Crippen LogP contribution in [0.3, 0.4) is 0 Å². The van der Waals surface area contributed by atoms with E-state index in [-0.39, 0.29) is 5.54 Å². The monoisotopic (exact) mass is 170 g/mol. The standard InChI is InChI=1S/C10H22N2/c1-7-10(4,5)12(6)9(11)8(2)3/h8,11H,7H2,1-6H3. The lowest BCUT2D eigenvalue weighted by Gasteiger charge is -2.38. The van der Waals surface area contributed by atoms with Crippen LogP contribution in [-0.4, -0.2) is 23.3 Å². The third kappa shape index (κ3) is 2.50. The number of amidine groups is 1. The summed E-state index contributed by atoms with van der Waals surface area (Å²) in [5, 5.41) is 7.83. The van der Waals surface area contributed by atoms with Crippen molar-refractivity contribution >= 4 is 5.84 Å². The van der Waals surface area contributed by atoms with Crippen LogP contribution in [0.1, 0.15) is 41.0 Å². The molecule has 0 bridgehead atoms. The summed E-state index contributed by atoms with van der Waals surface area (Å²) in [5.74, 6) is 1.04. The second-order valence-electron chi connectivity index (χ2n) is 4.26. The molecule has 0 atom stereocenters. The third-order valence-electron chi connectivity index (χ3n) is 2.68. The molecule has 0 aliphatic carbocycles. The van der Waals surface area contributed by atoms with Gasteiger partial charge in [0.25, 0.3) is 0 Å². The summed E-state index contributed by atoms with van der Waals surface area (Å²) < 4.78 is 0. The Hall–Kier alpha value is -0.530. The predicted octanol–water partition coefficient (Wildman–Crippen LogP) is 2.74. The van der Waals surface area contributed by atoms with E-state index in [4.69, 9.17) is 5.41 Å². The summed E-state index contributed by atoms with van der Waals surface area (Å²) in [7, 11) is 2.01. The lowest BCUT2D eigenvalue weighted by molar-refractivity contribution is 0.236. The first kappa shape index (κ1) is 11.5. The zero-order valence-electron chi connectivity index (χ0n) is 9.23. The number of rotatable bonds is 3. The number of nitrogens with one attached hydrogen (secondary N) is 1.